The van der Waals surface area contributed by atoms with Gasteiger partial charge in [-0.2, -0.15) is 0 Å². The van der Waals surface area contributed by atoms with Crippen molar-refractivity contribution in [2.24, 2.45) is 0 Å². The van der Waals surface area contributed by atoms with Crippen molar-refractivity contribution in [2.45, 2.75) is 103 Å². The van der Waals surface area contributed by atoms with Crippen LogP contribution in [-0.4, -0.2) is 17.7 Å². The van der Waals surface area contributed by atoms with Crippen LogP contribution in [0.3, 0.4) is 0 Å². The molecule has 3 nitrogen and oxygen atoms in total. The summed E-state index contributed by atoms with van der Waals surface area (Å²) in [5, 5.41) is 8.71. The summed E-state index contributed by atoms with van der Waals surface area (Å²) in [6.45, 7) is 6.50. The Kier molecular flexibility index (Phi) is 18.4. The molecule has 1 N–H and O–H groups in total. The van der Waals surface area contributed by atoms with Gasteiger partial charge in [0.05, 0.1) is 12.7 Å². The highest BCUT2D eigenvalue weighted by molar-refractivity contribution is 5.72. The molecule has 0 bridgehead atoms. The van der Waals surface area contributed by atoms with Crippen LogP contribution in [0.2, 0.25) is 0 Å². The third-order valence-corrected chi connectivity index (χ3v) is 4.35. The van der Waals surface area contributed by atoms with Crippen LogP contribution >= 0.6 is 0 Å². The van der Waals surface area contributed by atoms with Gasteiger partial charge in [0.15, 0.2) is 0 Å². The maximum atomic E-state index is 11.7. The second-order valence-electron chi connectivity index (χ2n) is 6.94. The molecule has 0 aromatic carbocycles. The van der Waals surface area contributed by atoms with E-state index < -0.39 is 0 Å². The Morgan fingerprint density at radius 3 is 2.20 bits per heavy atom. The van der Waals surface area contributed by atoms with Crippen molar-refractivity contribution in [1.82, 2.24) is 0 Å². The molecule has 0 unspecified atom stereocenters. The molecule has 0 amide bonds. The summed E-state index contributed by atoms with van der Waals surface area (Å²) in [5.41, 5.74) is 0.963. The number of carbonyl (C=O) groups is 1. The number of esters is 1. The molecule has 0 aromatic rings. The molecule has 0 aliphatic heterocycles. The SMILES string of the molecule is C=C(CCCCCCCCO)CC(=O)OC=CCCCCCCCC. The van der Waals surface area contributed by atoms with Gasteiger partial charge in [-0.3, -0.25) is 4.79 Å². The number of carbonyl (C=O) groups excluding carboxylic acids is 1. The quantitative estimate of drug-likeness (QED) is 0.133. The molecule has 25 heavy (non-hydrogen) atoms. The van der Waals surface area contributed by atoms with E-state index >= 15 is 0 Å². The van der Waals surface area contributed by atoms with Gasteiger partial charge >= 0.3 is 5.97 Å². The Hall–Kier alpha value is -1.09. The zero-order valence-corrected chi connectivity index (χ0v) is 16.4. The van der Waals surface area contributed by atoms with Crippen molar-refractivity contribution in [3.05, 3.63) is 24.5 Å². The van der Waals surface area contributed by atoms with Crippen molar-refractivity contribution in [3.8, 4) is 0 Å². The fourth-order valence-corrected chi connectivity index (χ4v) is 2.76. The van der Waals surface area contributed by atoms with Crippen molar-refractivity contribution in [1.29, 1.82) is 0 Å². The predicted octanol–water partition coefficient (Wildman–Crippen LogP) is 6.46. The molecular weight excluding hydrogens is 312 g/mol. The van der Waals surface area contributed by atoms with E-state index in [4.69, 9.17) is 9.84 Å². The molecule has 0 aromatic heterocycles. The van der Waals surface area contributed by atoms with Crippen molar-refractivity contribution in [2.75, 3.05) is 6.61 Å². The van der Waals surface area contributed by atoms with Crippen LogP contribution in [0.25, 0.3) is 0 Å². The molecule has 0 rings (SSSR count). The molecule has 3 heteroatoms. The second kappa shape index (κ2) is 19.2. The van der Waals surface area contributed by atoms with E-state index in [1.807, 2.05) is 6.08 Å². The minimum atomic E-state index is -0.202. The van der Waals surface area contributed by atoms with Gasteiger partial charge in [-0.1, -0.05) is 76.9 Å². The number of aliphatic hydroxyl groups is 1. The van der Waals surface area contributed by atoms with Crippen LogP contribution in [0.15, 0.2) is 24.5 Å². The molecular formula is C22H40O3. The lowest BCUT2D eigenvalue weighted by molar-refractivity contribution is -0.137. The topological polar surface area (TPSA) is 46.5 Å². The second-order valence-corrected chi connectivity index (χ2v) is 6.94. The van der Waals surface area contributed by atoms with Crippen LogP contribution in [-0.2, 0) is 9.53 Å². The lowest BCUT2D eigenvalue weighted by atomic mass is 10.0. The highest BCUT2D eigenvalue weighted by Crippen LogP contribution is 2.13. The Morgan fingerprint density at radius 1 is 0.920 bits per heavy atom. The summed E-state index contributed by atoms with van der Waals surface area (Å²) in [6.07, 6.45) is 20.0. The number of rotatable bonds is 18. The molecule has 0 aliphatic rings. The van der Waals surface area contributed by atoms with Gasteiger partial charge in [0.1, 0.15) is 0 Å². The van der Waals surface area contributed by atoms with Gasteiger partial charge in [-0.25, -0.2) is 0 Å². The van der Waals surface area contributed by atoms with Crippen LogP contribution in [0, 0.1) is 0 Å². The third kappa shape index (κ3) is 19.1. The maximum Gasteiger partial charge on any atom is 0.314 e. The van der Waals surface area contributed by atoms with E-state index in [1.165, 1.54) is 51.4 Å². The number of hydrogen-bond acceptors (Lipinski definition) is 3. The minimum absolute atomic E-state index is 0.202. The van der Waals surface area contributed by atoms with E-state index in [1.54, 1.807) is 6.26 Å². The third-order valence-electron chi connectivity index (χ3n) is 4.35. The average molecular weight is 353 g/mol. The first kappa shape index (κ1) is 23.9. The van der Waals surface area contributed by atoms with E-state index in [9.17, 15) is 4.79 Å². The normalized spacial score (nSPS) is 11.1. The van der Waals surface area contributed by atoms with Gasteiger partial charge in [0.25, 0.3) is 0 Å². The molecule has 0 heterocycles. The zero-order valence-electron chi connectivity index (χ0n) is 16.4. The number of allylic oxidation sites excluding steroid dienone is 1. The van der Waals surface area contributed by atoms with E-state index in [0.29, 0.717) is 13.0 Å². The first-order valence-corrected chi connectivity index (χ1v) is 10.3. The number of ether oxygens (including phenoxy) is 1. The number of unbranched alkanes of at least 4 members (excludes halogenated alkanes) is 11. The standard InChI is InChI=1S/C22H40O3/c1-3-4-5-6-7-10-13-16-19-25-22(24)20-21(2)17-14-11-8-9-12-15-18-23/h16,19,23H,2-15,17-18,20H2,1H3. The Morgan fingerprint density at radius 2 is 1.52 bits per heavy atom. The van der Waals surface area contributed by atoms with Gasteiger partial charge in [0, 0.05) is 6.61 Å². The highest BCUT2D eigenvalue weighted by Gasteiger charge is 2.04. The summed E-state index contributed by atoms with van der Waals surface area (Å²) in [4.78, 5) is 11.7. The summed E-state index contributed by atoms with van der Waals surface area (Å²) >= 11 is 0. The lowest BCUT2D eigenvalue weighted by Gasteiger charge is -2.05. The predicted molar refractivity (Wildman–Crippen MR) is 106 cm³/mol. The lowest BCUT2D eigenvalue weighted by Crippen LogP contribution is -2.01. The van der Waals surface area contributed by atoms with Gasteiger partial charge in [-0.15, -0.1) is 0 Å². The minimum Gasteiger partial charge on any atom is -0.435 e. The van der Waals surface area contributed by atoms with Crippen LogP contribution in [0.1, 0.15) is 103 Å². The molecule has 0 saturated carbocycles. The van der Waals surface area contributed by atoms with E-state index in [0.717, 1.165) is 44.1 Å². The highest BCUT2D eigenvalue weighted by atomic mass is 16.5. The van der Waals surface area contributed by atoms with Gasteiger partial charge < -0.3 is 9.84 Å². The molecule has 0 saturated heterocycles. The Bertz CT molecular complexity index is 347. The summed E-state index contributed by atoms with van der Waals surface area (Å²) in [7, 11) is 0. The largest absolute Gasteiger partial charge is 0.435 e. The zero-order chi connectivity index (χ0) is 18.6. The fraction of sp³-hybridized carbons (Fsp3) is 0.773. The molecule has 0 spiro atoms. The molecule has 0 fully saturated rings. The fourth-order valence-electron chi connectivity index (χ4n) is 2.76. The molecule has 0 radical (unpaired) electrons. The first-order valence-electron chi connectivity index (χ1n) is 10.3. The van der Waals surface area contributed by atoms with Gasteiger partial charge in [-0.05, 0) is 38.2 Å². The molecule has 0 atom stereocenters. The molecule has 0 aliphatic carbocycles. The van der Waals surface area contributed by atoms with Crippen LogP contribution < -0.4 is 0 Å². The van der Waals surface area contributed by atoms with E-state index in [-0.39, 0.29) is 5.97 Å². The summed E-state index contributed by atoms with van der Waals surface area (Å²) < 4.78 is 5.13. The maximum absolute atomic E-state index is 11.7. The van der Waals surface area contributed by atoms with Gasteiger partial charge in [0.2, 0.25) is 0 Å². The summed E-state index contributed by atoms with van der Waals surface area (Å²) in [5.74, 6) is -0.202. The Labute approximate surface area is 155 Å². The van der Waals surface area contributed by atoms with Crippen molar-refractivity contribution >= 4 is 5.97 Å². The van der Waals surface area contributed by atoms with Crippen LogP contribution in [0.4, 0.5) is 0 Å². The summed E-state index contributed by atoms with van der Waals surface area (Å²) in [6, 6.07) is 0. The first-order chi connectivity index (χ1) is 12.2. The average Bonchev–Trinajstić information content (AvgIpc) is 2.59. The number of hydrogen-bond donors (Lipinski definition) is 1. The van der Waals surface area contributed by atoms with Crippen molar-refractivity contribution < 1.29 is 14.6 Å². The molecule has 146 valence electrons. The van der Waals surface area contributed by atoms with E-state index in [2.05, 4.69) is 13.5 Å². The van der Waals surface area contributed by atoms with Crippen molar-refractivity contribution in [3.63, 3.8) is 0 Å². The smallest absolute Gasteiger partial charge is 0.314 e. The monoisotopic (exact) mass is 352 g/mol. The number of aliphatic hydroxyl groups excluding tert-OH is 1. The van der Waals surface area contributed by atoms with Crippen LogP contribution in [0.5, 0.6) is 0 Å². The Balaban J connectivity index is 3.45.